The van der Waals surface area contributed by atoms with Crippen LogP contribution in [0.2, 0.25) is 10.0 Å². The summed E-state index contributed by atoms with van der Waals surface area (Å²) in [6.07, 6.45) is 2.49. The number of fused-ring (bicyclic) bond motifs is 1. The first-order chi connectivity index (χ1) is 17.2. The molecule has 9 heteroatoms. The Balaban J connectivity index is 1.88. The molecule has 0 spiro atoms. The van der Waals surface area contributed by atoms with Crippen molar-refractivity contribution in [3.63, 3.8) is 0 Å². The van der Waals surface area contributed by atoms with Crippen LogP contribution in [0.15, 0.2) is 64.1 Å². The molecular formula is C27H23Cl2N3O4. The van der Waals surface area contributed by atoms with Crippen molar-refractivity contribution in [2.24, 2.45) is 4.99 Å². The van der Waals surface area contributed by atoms with Gasteiger partial charge in [-0.2, -0.15) is 0 Å². The van der Waals surface area contributed by atoms with Gasteiger partial charge in [0.25, 0.3) is 5.91 Å². The van der Waals surface area contributed by atoms with E-state index >= 15 is 0 Å². The van der Waals surface area contributed by atoms with E-state index in [1.165, 1.54) is 6.92 Å². The molecule has 0 atom stereocenters. The van der Waals surface area contributed by atoms with Gasteiger partial charge in [0.15, 0.2) is 5.58 Å². The molecule has 2 heterocycles. The lowest BCUT2D eigenvalue weighted by molar-refractivity contribution is -0.142. The number of ether oxygens (including phenoxy) is 1. The van der Waals surface area contributed by atoms with Gasteiger partial charge in [0.2, 0.25) is 5.55 Å². The maximum atomic E-state index is 13.4. The minimum Gasteiger partial charge on any atom is -0.461 e. The molecule has 36 heavy (non-hydrogen) atoms. The van der Waals surface area contributed by atoms with E-state index in [9.17, 15) is 9.59 Å². The number of carbonyl (C=O) groups excluding carboxylic acids is 2. The highest BCUT2D eigenvalue weighted by molar-refractivity contribution is 6.42. The monoisotopic (exact) mass is 523 g/mol. The lowest BCUT2D eigenvalue weighted by atomic mass is 10.1. The Morgan fingerprint density at radius 2 is 1.83 bits per heavy atom. The number of carbonyl (C=O) groups is 2. The molecule has 1 N–H and O–H groups in total. The zero-order chi connectivity index (χ0) is 25.8. The van der Waals surface area contributed by atoms with Crippen molar-refractivity contribution in [2.45, 2.75) is 33.8 Å². The first-order valence-electron chi connectivity index (χ1n) is 11.2. The molecular weight excluding hydrogens is 501 g/mol. The number of rotatable bonds is 6. The van der Waals surface area contributed by atoms with Gasteiger partial charge in [-0.1, -0.05) is 42.3 Å². The van der Waals surface area contributed by atoms with Crippen LogP contribution in [0.25, 0.3) is 11.0 Å². The van der Waals surface area contributed by atoms with Crippen LogP contribution in [0, 0.1) is 6.92 Å². The maximum Gasteiger partial charge on any atom is 0.302 e. The number of hydrogen-bond acceptors (Lipinski definition) is 6. The summed E-state index contributed by atoms with van der Waals surface area (Å²) < 4.78 is 11.3. The van der Waals surface area contributed by atoms with Crippen molar-refractivity contribution < 1.29 is 18.7 Å². The number of anilines is 1. The van der Waals surface area contributed by atoms with Gasteiger partial charge in [0.1, 0.15) is 12.2 Å². The van der Waals surface area contributed by atoms with Crippen LogP contribution in [-0.2, 0) is 22.6 Å². The van der Waals surface area contributed by atoms with Crippen LogP contribution in [0.5, 0.6) is 0 Å². The molecule has 0 fully saturated rings. The number of esters is 1. The first-order valence-corrected chi connectivity index (χ1v) is 12.0. The van der Waals surface area contributed by atoms with Crippen LogP contribution >= 0.6 is 23.2 Å². The van der Waals surface area contributed by atoms with Gasteiger partial charge in [-0.05, 0) is 55.3 Å². The van der Waals surface area contributed by atoms with Gasteiger partial charge in [-0.15, -0.1) is 0 Å². The molecule has 0 aliphatic rings. The molecule has 4 rings (SSSR count). The van der Waals surface area contributed by atoms with E-state index in [0.29, 0.717) is 43.6 Å². The fourth-order valence-corrected chi connectivity index (χ4v) is 3.81. The van der Waals surface area contributed by atoms with E-state index in [-0.39, 0.29) is 17.7 Å². The number of hydrogen-bond donors (Lipinski definition) is 1. The summed E-state index contributed by atoms with van der Waals surface area (Å²) in [5.41, 5.74) is 4.09. The summed E-state index contributed by atoms with van der Waals surface area (Å²) in [6, 6.07) is 14.1. The Hall–Kier alpha value is -3.68. The number of halogens is 2. The van der Waals surface area contributed by atoms with Crippen LogP contribution in [0.1, 0.15) is 41.0 Å². The lowest BCUT2D eigenvalue weighted by Gasteiger charge is -2.11. The van der Waals surface area contributed by atoms with Gasteiger partial charge in [-0.25, -0.2) is 4.99 Å². The number of nitrogens with one attached hydrogen (secondary N) is 1. The van der Waals surface area contributed by atoms with Crippen molar-refractivity contribution in [1.82, 2.24) is 4.98 Å². The maximum absolute atomic E-state index is 13.4. The minimum absolute atomic E-state index is 0.0164. The van der Waals surface area contributed by atoms with E-state index in [0.717, 1.165) is 12.0 Å². The Bertz CT molecular complexity index is 1530. The molecule has 184 valence electrons. The predicted octanol–water partition coefficient (Wildman–Crippen LogP) is 6.55. The summed E-state index contributed by atoms with van der Waals surface area (Å²) in [5.74, 6) is -0.850. The van der Waals surface area contributed by atoms with E-state index in [1.54, 1.807) is 37.4 Å². The third-order valence-electron chi connectivity index (χ3n) is 5.48. The normalized spacial score (nSPS) is 11.5. The summed E-state index contributed by atoms with van der Waals surface area (Å²) in [4.78, 5) is 33.7. The molecule has 7 nitrogen and oxygen atoms in total. The third kappa shape index (κ3) is 5.75. The largest absolute Gasteiger partial charge is 0.461 e. The molecule has 0 unspecified atom stereocenters. The number of aryl methyl sites for hydroxylation is 2. The number of pyridine rings is 1. The van der Waals surface area contributed by atoms with Crippen molar-refractivity contribution in [3.05, 3.63) is 92.7 Å². The third-order valence-corrected chi connectivity index (χ3v) is 6.22. The summed E-state index contributed by atoms with van der Waals surface area (Å²) >= 11 is 12.2. The second-order valence-corrected chi connectivity index (χ2v) is 8.89. The molecule has 2 aromatic heterocycles. The molecule has 2 aromatic carbocycles. The number of benzene rings is 2. The summed E-state index contributed by atoms with van der Waals surface area (Å²) in [5, 5.41) is 4.19. The van der Waals surface area contributed by atoms with E-state index < -0.39 is 11.9 Å². The molecule has 0 radical (unpaired) electrons. The predicted molar refractivity (Wildman–Crippen MR) is 140 cm³/mol. The molecule has 1 amide bonds. The van der Waals surface area contributed by atoms with E-state index in [4.69, 9.17) is 32.4 Å². The molecule has 0 saturated carbocycles. The highest BCUT2D eigenvalue weighted by Crippen LogP contribution is 2.27. The van der Waals surface area contributed by atoms with Gasteiger partial charge in [-0.3, -0.25) is 14.6 Å². The zero-order valence-electron chi connectivity index (χ0n) is 19.9. The molecule has 0 bridgehead atoms. The topological polar surface area (TPSA) is 93.8 Å². The van der Waals surface area contributed by atoms with Crippen molar-refractivity contribution in [2.75, 3.05) is 5.32 Å². The zero-order valence-corrected chi connectivity index (χ0v) is 21.4. The smallest absolute Gasteiger partial charge is 0.302 e. The van der Waals surface area contributed by atoms with E-state index in [2.05, 4.69) is 22.2 Å². The Morgan fingerprint density at radius 3 is 2.50 bits per heavy atom. The summed E-state index contributed by atoms with van der Waals surface area (Å²) in [6.45, 7) is 5.15. The fraction of sp³-hybridized carbons (Fsp3) is 0.185. The SMILES string of the molecule is CCc1ccc(NC(=O)c2cc3c(COC(C)=O)cnc(C)c3oc2=Nc2ccc(Cl)c(Cl)c2)cc1. The number of nitrogens with zero attached hydrogens (tertiary/aromatic N) is 2. The standard InChI is InChI=1S/C27H23Cl2N3O4/c1-4-17-5-7-19(8-6-17)31-26(34)22-12-21-18(14-35-16(3)33)13-30-15(2)25(21)36-27(22)32-20-9-10-23(28)24(29)11-20/h5-13H,4,14H2,1-3H3,(H,31,34). The summed E-state index contributed by atoms with van der Waals surface area (Å²) in [7, 11) is 0. The van der Waals surface area contributed by atoms with Gasteiger partial charge >= 0.3 is 5.97 Å². The highest BCUT2D eigenvalue weighted by atomic mass is 35.5. The number of amides is 1. The molecule has 0 aliphatic carbocycles. The van der Waals surface area contributed by atoms with Crippen molar-refractivity contribution in [3.8, 4) is 0 Å². The Kier molecular flexibility index (Phi) is 7.72. The minimum atomic E-state index is -0.430. The highest BCUT2D eigenvalue weighted by Gasteiger charge is 2.17. The lowest BCUT2D eigenvalue weighted by Crippen LogP contribution is -2.22. The Labute approximate surface area is 217 Å². The average molecular weight is 524 g/mol. The fourth-order valence-electron chi connectivity index (χ4n) is 3.52. The van der Waals surface area contributed by atoms with Gasteiger partial charge in [0.05, 0.1) is 21.4 Å². The van der Waals surface area contributed by atoms with Crippen LogP contribution in [-0.4, -0.2) is 16.9 Å². The van der Waals surface area contributed by atoms with E-state index in [1.807, 2.05) is 24.3 Å². The Morgan fingerprint density at radius 1 is 1.08 bits per heavy atom. The van der Waals surface area contributed by atoms with Crippen LogP contribution < -0.4 is 10.9 Å². The second kappa shape index (κ2) is 10.9. The van der Waals surface area contributed by atoms with Crippen LogP contribution in [0.3, 0.4) is 0 Å². The van der Waals surface area contributed by atoms with Crippen molar-refractivity contribution >= 4 is 57.4 Å². The van der Waals surface area contributed by atoms with Crippen molar-refractivity contribution in [1.29, 1.82) is 0 Å². The quantitative estimate of drug-likeness (QED) is 0.289. The van der Waals surface area contributed by atoms with Gasteiger partial charge in [0, 0.05) is 29.8 Å². The molecule has 4 aromatic rings. The number of aromatic nitrogens is 1. The molecule has 0 aliphatic heterocycles. The van der Waals surface area contributed by atoms with Gasteiger partial charge < -0.3 is 14.5 Å². The first kappa shape index (κ1) is 25.4. The van der Waals surface area contributed by atoms with Crippen LogP contribution in [0.4, 0.5) is 11.4 Å². The second-order valence-electron chi connectivity index (χ2n) is 8.07. The average Bonchev–Trinajstić information content (AvgIpc) is 2.86. The molecule has 0 saturated heterocycles.